The van der Waals surface area contributed by atoms with Gasteiger partial charge in [-0.25, -0.2) is 9.78 Å². The van der Waals surface area contributed by atoms with Gasteiger partial charge in [0.05, 0.1) is 5.69 Å². The highest BCUT2D eigenvalue weighted by Crippen LogP contribution is 2.38. The third-order valence-electron chi connectivity index (χ3n) is 5.34. The number of rotatable bonds is 1. The Morgan fingerprint density at radius 1 is 1.26 bits per heavy atom. The summed E-state index contributed by atoms with van der Waals surface area (Å²) in [6.07, 6.45) is 2.77. The van der Waals surface area contributed by atoms with Gasteiger partial charge in [-0.3, -0.25) is 0 Å². The monoisotopic (exact) mass is 375 g/mol. The summed E-state index contributed by atoms with van der Waals surface area (Å²) >= 11 is 0. The summed E-state index contributed by atoms with van der Waals surface area (Å²) in [6, 6.07) is 0.0421. The molecule has 2 N–H and O–H groups in total. The summed E-state index contributed by atoms with van der Waals surface area (Å²) in [5.41, 5.74) is 8.09. The number of hydrogen-bond acceptors (Lipinski definition) is 6. The second-order valence-electron chi connectivity index (χ2n) is 9.64. The summed E-state index contributed by atoms with van der Waals surface area (Å²) < 4.78 is 5.54. The number of piperazine rings is 1. The average molecular weight is 376 g/mol. The maximum atomic E-state index is 12.5. The van der Waals surface area contributed by atoms with E-state index in [4.69, 9.17) is 10.5 Å². The van der Waals surface area contributed by atoms with Crippen LogP contribution in [0.1, 0.15) is 59.2 Å². The van der Waals surface area contributed by atoms with Crippen LogP contribution in [0.5, 0.6) is 0 Å². The lowest BCUT2D eigenvalue weighted by molar-refractivity contribution is 0.0158. The molecule has 27 heavy (non-hydrogen) atoms. The minimum Gasteiger partial charge on any atom is -0.444 e. The zero-order valence-electron chi connectivity index (χ0n) is 17.5. The third kappa shape index (κ3) is 4.45. The Morgan fingerprint density at radius 3 is 2.59 bits per heavy atom. The van der Waals surface area contributed by atoms with Gasteiger partial charge in [0.15, 0.2) is 0 Å². The number of amides is 1. The minimum atomic E-state index is -0.485. The smallest absolute Gasteiger partial charge is 0.410 e. The lowest BCUT2D eigenvalue weighted by Crippen LogP contribution is -2.55. The zero-order chi connectivity index (χ0) is 20.0. The summed E-state index contributed by atoms with van der Waals surface area (Å²) in [4.78, 5) is 25.6. The molecule has 0 bridgehead atoms. The molecule has 150 valence electrons. The summed E-state index contributed by atoms with van der Waals surface area (Å²) in [7, 11) is 0. The number of fused-ring (bicyclic) bond motifs is 1. The van der Waals surface area contributed by atoms with Crippen LogP contribution in [0.3, 0.4) is 0 Å². The molecule has 7 nitrogen and oxygen atoms in total. The molecule has 1 aliphatic heterocycles. The summed E-state index contributed by atoms with van der Waals surface area (Å²) in [6.45, 7) is 14.3. The van der Waals surface area contributed by atoms with Gasteiger partial charge < -0.3 is 20.3 Å². The van der Waals surface area contributed by atoms with Crippen LogP contribution in [0.25, 0.3) is 0 Å². The predicted octanol–water partition coefficient (Wildman–Crippen LogP) is 3.02. The van der Waals surface area contributed by atoms with Gasteiger partial charge in [-0.05, 0) is 52.4 Å². The Kier molecular flexibility index (Phi) is 4.99. The van der Waals surface area contributed by atoms with E-state index in [1.54, 1.807) is 0 Å². The van der Waals surface area contributed by atoms with Crippen LogP contribution in [0.15, 0.2) is 0 Å². The third-order valence-corrected chi connectivity index (χ3v) is 5.34. The molecule has 2 heterocycles. The molecule has 2 aliphatic rings. The molecule has 1 atom stereocenters. The Bertz CT molecular complexity index is 726. The first-order chi connectivity index (χ1) is 12.5. The van der Waals surface area contributed by atoms with E-state index in [-0.39, 0.29) is 17.6 Å². The molecular formula is C20H33N5O2. The zero-order valence-corrected chi connectivity index (χ0v) is 17.5. The van der Waals surface area contributed by atoms with E-state index in [2.05, 4.69) is 35.6 Å². The Hall–Kier alpha value is -2.05. The van der Waals surface area contributed by atoms with Crippen molar-refractivity contribution in [2.45, 2.75) is 72.4 Å². The predicted molar refractivity (Wildman–Crippen MR) is 107 cm³/mol. The van der Waals surface area contributed by atoms with E-state index < -0.39 is 5.60 Å². The van der Waals surface area contributed by atoms with E-state index in [1.807, 2.05) is 25.7 Å². The average Bonchev–Trinajstić information content (AvgIpc) is 2.50. The Morgan fingerprint density at radius 2 is 1.96 bits per heavy atom. The molecule has 1 amide bonds. The highest BCUT2D eigenvalue weighted by atomic mass is 16.6. The SMILES string of the molecule is CC1CN(c2nc(N)nc3c2CCC(C)(C)C3)CCN1C(=O)OC(C)(C)C. The van der Waals surface area contributed by atoms with Crippen molar-refractivity contribution in [3.63, 3.8) is 0 Å². The van der Waals surface area contributed by atoms with E-state index in [0.29, 0.717) is 19.0 Å². The van der Waals surface area contributed by atoms with Crippen LogP contribution in [-0.4, -0.2) is 52.2 Å². The molecule has 0 radical (unpaired) electrons. The van der Waals surface area contributed by atoms with Gasteiger partial charge in [-0.2, -0.15) is 4.98 Å². The number of carbonyl (C=O) groups is 1. The van der Waals surface area contributed by atoms with Gasteiger partial charge in [0.2, 0.25) is 5.95 Å². The van der Waals surface area contributed by atoms with Crippen molar-refractivity contribution in [2.75, 3.05) is 30.3 Å². The maximum absolute atomic E-state index is 12.5. The fourth-order valence-electron chi connectivity index (χ4n) is 3.95. The second kappa shape index (κ2) is 6.84. The molecule has 1 fully saturated rings. The molecule has 1 aromatic heterocycles. The summed E-state index contributed by atoms with van der Waals surface area (Å²) in [5.74, 6) is 1.28. The molecule has 0 spiro atoms. The number of carbonyl (C=O) groups excluding carboxylic acids is 1. The number of aromatic nitrogens is 2. The normalized spacial score (nSPS) is 22.4. The highest BCUT2D eigenvalue weighted by molar-refractivity contribution is 5.69. The van der Waals surface area contributed by atoms with Crippen molar-refractivity contribution in [2.24, 2.45) is 5.41 Å². The molecular weight excluding hydrogens is 342 g/mol. The van der Waals surface area contributed by atoms with E-state index in [9.17, 15) is 4.79 Å². The van der Waals surface area contributed by atoms with E-state index in [0.717, 1.165) is 37.3 Å². The van der Waals surface area contributed by atoms with Crippen molar-refractivity contribution in [3.05, 3.63) is 11.3 Å². The first-order valence-electron chi connectivity index (χ1n) is 9.85. The molecule has 1 unspecified atom stereocenters. The Balaban J connectivity index is 1.78. The van der Waals surface area contributed by atoms with Gasteiger partial charge in [0.1, 0.15) is 11.4 Å². The lowest BCUT2D eigenvalue weighted by atomic mass is 9.76. The fourth-order valence-corrected chi connectivity index (χ4v) is 3.95. The number of nitrogens with two attached hydrogens (primary N) is 1. The largest absolute Gasteiger partial charge is 0.444 e. The topological polar surface area (TPSA) is 84.6 Å². The van der Waals surface area contributed by atoms with Crippen LogP contribution in [0.4, 0.5) is 16.6 Å². The number of anilines is 2. The van der Waals surface area contributed by atoms with Crippen LogP contribution in [-0.2, 0) is 17.6 Å². The number of ether oxygens (including phenoxy) is 1. The van der Waals surface area contributed by atoms with E-state index >= 15 is 0 Å². The number of hydrogen-bond donors (Lipinski definition) is 1. The second-order valence-corrected chi connectivity index (χ2v) is 9.64. The van der Waals surface area contributed by atoms with Crippen LogP contribution in [0, 0.1) is 5.41 Å². The van der Waals surface area contributed by atoms with Crippen molar-refractivity contribution in [1.29, 1.82) is 0 Å². The standard InChI is InChI=1S/C20H33N5O2/c1-13-12-24(9-10-25(13)18(26)27-19(2,3)4)16-14-7-8-20(5,6)11-15(14)22-17(21)23-16/h13H,7-12H2,1-6H3,(H2,21,22,23). The first kappa shape index (κ1) is 19.7. The van der Waals surface area contributed by atoms with Gasteiger partial charge in [0, 0.05) is 31.2 Å². The van der Waals surface area contributed by atoms with Crippen LogP contribution in [0.2, 0.25) is 0 Å². The van der Waals surface area contributed by atoms with Crippen molar-refractivity contribution >= 4 is 17.9 Å². The number of nitrogen functional groups attached to an aromatic ring is 1. The molecule has 0 aromatic carbocycles. The highest BCUT2D eigenvalue weighted by Gasteiger charge is 2.34. The van der Waals surface area contributed by atoms with Gasteiger partial charge in [-0.15, -0.1) is 0 Å². The molecule has 3 rings (SSSR count). The lowest BCUT2D eigenvalue weighted by Gasteiger charge is -2.42. The van der Waals surface area contributed by atoms with Gasteiger partial charge in [0.25, 0.3) is 0 Å². The van der Waals surface area contributed by atoms with Crippen molar-refractivity contribution < 1.29 is 9.53 Å². The molecule has 1 aromatic rings. The fraction of sp³-hybridized carbons (Fsp3) is 0.750. The molecule has 1 saturated heterocycles. The maximum Gasteiger partial charge on any atom is 0.410 e. The van der Waals surface area contributed by atoms with Crippen molar-refractivity contribution in [3.8, 4) is 0 Å². The Labute approximate surface area is 162 Å². The summed E-state index contributed by atoms with van der Waals surface area (Å²) in [5, 5.41) is 0. The van der Waals surface area contributed by atoms with Gasteiger partial charge >= 0.3 is 6.09 Å². The van der Waals surface area contributed by atoms with Gasteiger partial charge in [-0.1, -0.05) is 13.8 Å². The molecule has 1 aliphatic carbocycles. The quantitative estimate of drug-likeness (QED) is 0.812. The molecule has 7 heteroatoms. The first-order valence-corrected chi connectivity index (χ1v) is 9.85. The van der Waals surface area contributed by atoms with Crippen molar-refractivity contribution in [1.82, 2.24) is 14.9 Å². The number of nitrogens with zero attached hydrogens (tertiary/aromatic N) is 4. The minimum absolute atomic E-state index is 0.0421. The van der Waals surface area contributed by atoms with E-state index in [1.165, 1.54) is 5.56 Å². The molecule has 0 saturated carbocycles. The van der Waals surface area contributed by atoms with Crippen LogP contribution >= 0.6 is 0 Å². The van der Waals surface area contributed by atoms with Crippen LogP contribution < -0.4 is 10.6 Å².